The molecular weight excluding hydrogens is 341 g/mol. The van der Waals surface area contributed by atoms with Crippen molar-refractivity contribution >= 4 is 17.2 Å². The van der Waals surface area contributed by atoms with E-state index in [0.29, 0.717) is 31.7 Å². The van der Waals surface area contributed by atoms with Gasteiger partial charge < -0.3 is 4.90 Å². The zero-order valence-corrected chi connectivity index (χ0v) is 15.5. The van der Waals surface area contributed by atoms with Gasteiger partial charge in [-0.15, -0.1) is 11.3 Å². The second-order valence-electron chi connectivity index (χ2n) is 6.51. The molecule has 1 amide bonds. The number of alkyl halides is 1. The highest BCUT2D eigenvalue weighted by molar-refractivity contribution is 7.09. The Kier molecular flexibility index (Phi) is 5.39. The Morgan fingerprint density at radius 3 is 2.80 bits per heavy atom. The van der Waals surface area contributed by atoms with Gasteiger partial charge in [0.15, 0.2) is 0 Å². The van der Waals surface area contributed by atoms with Crippen molar-refractivity contribution in [3.63, 3.8) is 0 Å². The maximum absolute atomic E-state index is 14.0. The normalized spacial score (nSPS) is 20.8. The number of thiazole rings is 1. The van der Waals surface area contributed by atoms with Gasteiger partial charge in [-0.1, -0.05) is 0 Å². The fourth-order valence-electron chi connectivity index (χ4n) is 3.07. The van der Waals surface area contributed by atoms with Crippen LogP contribution in [0.4, 0.5) is 4.39 Å². The SMILES string of the molecule is Cc1cnc(C(=O)N(C)C[C@@H]2C[C@H](F)CN2Cc2scnc2C)cn1. The number of aryl methyl sites for hydroxylation is 2. The highest BCUT2D eigenvalue weighted by atomic mass is 32.1. The summed E-state index contributed by atoms with van der Waals surface area (Å²) < 4.78 is 14.0. The first-order valence-corrected chi connectivity index (χ1v) is 9.13. The molecule has 3 heterocycles. The topological polar surface area (TPSA) is 62.2 Å². The molecule has 2 aromatic rings. The number of carbonyl (C=O) groups excluding carboxylic acids is 1. The molecule has 0 spiro atoms. The lowest BCUT2D eigenvalue weighted by Gasteiger charge is -2.28. The van der Waals surface area contributed by atoms with Crippen LogP contribution in [0.3, 0.4) is 0 Å². The lowest BCUT2D eigenvalue weighted by molar-refractivity contribution is 0.0743. The maximum Gasteiger partial charge on any atom is 0.273 e. The third-order valence-corrected chi connectivity index (χ3v) is 5.42. The lowest BCUT2D eigenvalue weighted by atomic mass is 10.2. The number of likely N-dealkylation sites (tertiary alicyclic amines) is 1. The largest absolute Gasteiger partial charge is 0.339 e. The van der Waals surface area contributed by atoms with Gasteiger partial charge in [-0.25, -0.2) is 14.4 Å². The Morgan fingerprint density at radius 2 is 2.16 bits per heavy atom. The third-order valence-electron chi connectivity index (χ3n) is 4.50. The van der Waals surface area contributed by atoms with Crippen LogP contribution in [-0.2, 0) is 6.54 Å². The molecule has 0 bridgehead atoms. The van der Waals surface area contributed by atoms with Crippen molar-refractivity contribution in [1.82, 2.24) is 24.8 Å². The van der Waals surface area contributed by atoms with Crippen LogP contribution in [0.25, 0.3) is 0 Å². The molecule has 134 valence electrons. The smallest absolute Gasteiger partial charge is 0.273 e. The first kappa shape index (κ1) is 17.9. The highest BCUT2D eigenvalue weighted by Gasteiger charge is 2.34. The van der Waals surface area contributed by atoms with E-state index in [1.165, 1.54) is 6.20 Å². The molecule has 3 rings (SSSR count). The second-order valence-corrected chi connectivity index (χ2v) is 7.45. The zero-order valence-electron chi connectivity index (χ0n) is 14.6. The second kappa shape index (κ2) is 7.53. The van der Waals surface area contributed by atoms with Crippen LogP contribution >= 0.6 is 11.3 Å². The average Bonchev–Trinajstić information content (AvgIpc) is 3.13. The molecule has 0 unspecified atom stereocenters. The summed E-state index contributed by atoms with van der Waals surface area (Å²) in [6.45, 7) is 5.33. The molecule has 1 aliphatic heterocycles. The van der Waals surface area contributed by atoms with Gasteiger partial charge in [-0.05, 0) is 20.3 Å². The standard InChI is InChI=1S/C17H22FN5OS/c1-11-5-20-15(6-19-11)17(24)22(3)8-14-4-13(18)7-23(14)9-16-12(2)21-10-25-16/h5-6,10,13-14H,4,7-9H2,1-3H3/t13-,14-/m0/s1. The van der Waals surface area contributed by atoms with E-state index in [1.54, 1.807) is 29.5 Å². The molecule has 2 aromatic heterocycles. The van der Waals surface area contributed by atoms with Crippen molar-refractivity contribution in [2.24, 2.45) is 0 Å². The zero-order chi connectivity index (χ0) is 18.0. The molecule has 25 heavy (non-hydrogen) atoms. The molecule has 0 N–H and O–H groups in total. The Labute approximate surface area is 150 Å². The molecule has 2 atom stereocenters. The minimum absolute atomic E-state index is 0.0103. The van der Waals surface area contributed by atoms with Crippen LogP contribution in [0.2, 0.25) is 0 Å². The van der Waals surface area contributed by atoms with E-state index in [4.69, 9.17) is 0 Å². The van der Waals surface area contributed by atoms with Crippen LogP contribution < -0.4 is 0 Å². The van der Waals surface area contributed by atoms with Gasteiger partial charge in [-0.2, -0.15) is 0 Å². The van der Waals surface area contributed by atoms with Crippen LogP contribution in [0.1, 0.15) is 33.2 Å². The fourth-order valence-corrected chi connectivity index (χ4v) is 3.87. The maximum atomic E-state index is 14.0. The number of hydrogen-bond donors (Lipinski definition) is 0. The van der Waals surface area contributed by atoms with Gasteiger partial charge in [0.25, 0.3) is 5.91 Å². The van der Waals surface area contributed by atoms with Crippen LogP contribution in [0.15, 0.2) is 17.9 Å². The summed E-state index contributed by atoms with van der Waals surface area (Å²) in [4.78, 5) is 29.9. The molecule has 6 nitrogen and oxygen atoms in total. The molecule has 1 fully saturated rings. The number of carbonyl (C=O) groups is 1. The van der Waals surface area contributed by atoms with E-state index >= 15 is 0 Å². The number of likely N-dealkylation sites (N-methyl/N-ethyl adjacent to an activating group) is 1. The van der Waals surface area contributed by atoms with E-state index in [-0.39, 0.29) is 11.9 Å². The number of nitrogens with zero attached hydrogens (tertiary/aromatic N) is 5. The number of aromatic nitrogens is 3. The Bertz CT molecular complexity index is 735. The van der Waals surface area contributed by atoms with Crippen LogP contribution in [0.5, 0.6) is 0 Å². The summed E-state index contributed by atoms with van der Waals surface area (Å²) in [6, 6.07) is -0.0103. The van der Waals surface area contributed by atoms with E-state index in [1.807, 2.05) is 19.4 Å². The van der Waals surface area contributed by atoms with Crippen molar-refractivity contribution in [2.75, 3.05) is 20.1 Å². The van der Waals surface area contributed by atoms with Crippen molar-refractivity contribution in [3.8, 4) is 0 Å². The number of amides is 1. The molecule has 0 radical (unpaired) electrons. The van der Waals surface area contributed by atoms with Gasteiger partial charge in [0.1, 0.15) is 11.9 Å². The van der Waals surface area contributed by atoms with Crippen molar-refractivity contribution in [1.29, 1.82) is 0 Å². The van der Waals surface area contributed by atoms with Gasteiger partial charge >= 0.3 is 0 Å². The third kappa shape index (κ3) is 4.19. The van der Waals surface area contributed by atoms with E-state index < -0.39 is 6.17 Å². The van der Waals surface area contributed by atoms with Gasteiger partial charge in [0.05, 0.1) is 23.1 Å². The Morgan fingerprint density at radius 1 is 1.36 bits per heavy atom. The molecule has 0 aliphatic carbocycles. The molecule has 0 saturated carbocycles. The summed E-state index contributed by atoms with van der Waals surface area (Å²) >= 11 is 1.59. The quantitative estimate of drug-likeness (QED) is 0.815. The molecule has 1 aliphatic rings. The predicted octanol–water partition coefficient (Wildman–Crippen LogP) is 2.23. The highest BCUT2D eigenvalue weighted by Crippen LogP contribution is 2.25. The van der Waals surface area contributed by atoms with Gasteiger partial charge in [0, 0.05) is 43.8 Å². The monoisotopic (exact) mass is 363 g/mol. The molecule has 0 aromatic carbocycles. The molecule has 8 heteroatoms. The summed E-state index contributed by atoms with van der Waals surface area (Å²) in [5, 5.41) is 0. The Hall–Kier alpha value is -1.93. The fraction of sp³-hybridized carbons (Fsp3) is 0.529. The first-order chi connectivity index (χ1) is 11.9. The van der Waals surface area contributed by atoms with E-state index in [2.05, 4.69) is 19.9 Å². The van der Waals surface area contributed by atoms with Gasteiger partial charge in [-0.3, -0.25) is 14.7 Å². The first-order valence-electron chi connectivity index (χ1n) is 8.25. The summed E-state index contributed by atoms with van der Waals surface area (Å²) in [5.74, 6) is -0.191. The van der Waals surface area contributed by atoms with Crippen molar-refractivity contribution in [2.45, 2.75) is 39.0 Å². The summed E-state index contributed by atoms with van der Waals surface area (Å²) in [7, 11) is 1.73. The number of rotatable bonds is 5. The Balaban J connectivity index is 1.66. The predicted molar refractivity (Wildman–Crippen MR) is 94.3 cm³/mol. The molecule has 1 saturated heterocycles. The number of halogens is 1. The minimum atomic E-state index is -0.860. The molecular formula is C17H22FN5OS. The summed E-state index contributed by atoms with van der Waals surface area (Å²) in [6.07, 6.45) is 2.64. The van der Waals surface area contributed by atoms with Crippen molar-refractivity contribution in [3.05, 3.63) is 39.9 Å². The minimum Gasteiger partial charge on any atom is -0.339 e. The lowest BCUT2D eigenvalue weighted by Crippen LogP contribution is -2.41. The van der Waals surface area contributed by atoms with Crippen molar-refractivity contribution < 1.29 is 9.18 Å². The van der Waals surface area contributed by atoms with Gasteiger partial charge in [0.2, 0.25) is 0 Å². The van der Waals surface area contributed by atoms with Crippen LogP contribution in [0, 0.1) is 13.8 Å². The van der Waals surface area contributed by atoms with Crippen LogP contribution in [-0.4, -0.2) is 63.0 Å². The van der Waals surface area contributed by atoms with E-state index in [9.17, 15) is 9.18 Å². The van der Waals surface area contributed by atoms with E-state index in [0.717, 1.165) is 16.3 Å². The summed E-state index contributed by atoms with van der Waals surface area (Å²) in [5.41, 5.74) is 3.88. The average molecular weight is 363 g/mol. The number of hydrogen-bond acceptors (Lipinski definition) is 6.